The van der Waals surface area contributed by atoms with Gasteiger partial charge in [-0.15, -0.1) is 0 Å². The van der Waals surface area contributed by atoms with E-state index in [1.165, 1.54) is 20.3 Å². The lowest BCUT2D eigenvalue weighted by Gasteiger charge is -2.14. The topological polar surface area (TPSA) is 67.8 Å². The summed E-state index contributed by atoms with van der Waals surface area (Å²) in [6, 6.07) is 4.16. The summed E-state index contributed by atoms with van der Waals surface area (Å²) in [7, 11) is 4.42. The van der Waals surface area contributed by atoms with Gasteiger partial charge in [0.15, 0.2) is 11.5 Å². The number of phenolic OH excluding ortho intramolecular Hbond substituents is 1. The number of aromatic hydroxyl groups is 1. The Labute approximate surface area is 94.0 Å². The Morgan fingerprint density at radius 1 is 1.44 bits per heavy atom. The molecule has 88 valence electrons. The van der Waals surface area contributed by atoms with E-state index in [4.69, 9.17) is 4.74 Å². The summed E-state index contributed by atoms with van der Waals surface area (Å²) in [4.78, 5) is 11.4. The minimum absolute atomic E-state index is 0.0100. The molecule has 0 spiro atoms. The number of ether oxygens (including phenoxy) is 2. The second-order valence-electron chi connectivity index (χ2n) is 3.18. The number of phenols is 1. The minimum Gasteiger partial charge on any atom is -0.504 e. The van der Waals surface area contributed by atoms with E-state index in [0.29, 0.717) is 11.3 Å². The maximum absolute atomic E-state index is 11.4. The fraction of sp³-hybridized carbons (Fsp3) is 0.364. The molecule has 1 unspecified atom stereocenters. The van der Waals surface area contributed by atoms with E-state index in [0.717, 1.165) is 0 Å². The van der Waals surface area contributed by atoms with Crippen LogP contribution in [0.2, 0.25) is 0 Å². The van der Waals surface area contributed by atoms with Crippen molar-refractivity contribution in [1.82, 2.24) is 5.32 Å². The van der Waals surface area contributed by atoms with E-state index in [1.54, 1.807) is 19.2 Å². The van der Waals surface area contributed by atoms with Gasteiger partial charge in [-0.25, -0.2) is 4.79 Å². The lowest BCUT2D eigenvalue weighted by molar-refractivity contribution is -0.143. The van der Waals surface area contributed by atoms with E-state index in [1.807, 2.05) is 0 Å². The third kappa shape index (κ3) is 2.43. The van der Waals surface area contributed by atoms with Gasteiger partial charge in [0.05, 0.1) is 14.2 Å². The van der Waals surface area contributed by atoms with Gasteiger partial charge in [-0.05, 0) is 24.7 Å². The largest absolute Gasteiger partial charge is 0.504 e. The van der Waals surface area contributed by atoms with Crippen LogP contribution < -0.4 is 10.1 Å². The highest BCUT2D eigenvalue weighted by Crippen LogP contribution is 2.29. The summed E-state index contributed by atoms with van der Waals surface area (Å²) in [5.74, 6) is -0.0558. The minimum atomic E-state index is -0.596. The smallest absolute Gasteiger partial charge is 0.327 e. The van der Waals surface area contributed by atoms with Gasteiger partial charge >= 0.3 is 5.97 Å². The van der Waals surface area contributed by atoms with Crippen molar-refractivity contribution in [3.63, 3.8) is 0 Å². The monoisotopic (exact) mass is 225 g/mol. The zero-order valence-electron chi connectivity index (χ0n) is 9.48. The Kier molecular flexibility index (Phi) is 4.13. The Hall–Kier alpha value is -1.75. The highest BCUT2D eigenvalue weighted by Gasteiger charge is 2.20. The predicted octanol–water partition coefficient (Wildman–Crippen LogP) is 0.834. The van der Waals surface area contributed by atoms with Crippen molar-refractivity contribution in [2.24, 2.45) is 0 Å². The molecule has 1 aromatic carbocycles. The molecule has 0 heterocycles. The Bertz CT molecular complexity index is 378. The van der Waals surface area contributed by atoms with Crippen molar-refractivity contribution < 1.29 is 19.4 Å². The molecule has 0 aliphatic carbocycles. The van der Waals surface area contributed by atoms with Gasteiger partial charge < -0.3 is 19.9 Å². The van der Waals surface area contributed by atoms with Crippen molar-refractivity contribution in [1.29, 1.82) is 0 Å². The van der Waals surface area contributed by atoms with Crippen molar-refractivity contribution in [2.75, 3.05) is 21.3 Å². The molecule has 16 heavy (non-hydrogen) atoms. The number of nitrogens with one attached hydrogen (secondary N) is 1. The summed E-state index contributed by atoms with van der Waals surface area (Å²) in [6.07, 6.45) is 0. The first kappa shape index (κ1) is 12.3. The molecule has 0 aliphatic rings. The fourth-order valence-corrected chi connectivity index (χ4v) is 1.43. The van der Waals surface area contributed by atoms with Gasteiger partial charge in [0.1, 0.15) is 6.04 Å². The summed E-state index contributed by atoms with van der Waals surface area (Å²) < 4.78 is 9.55. The Morgan fingerprint density at radius 2 is 2.12 bits per heavy atom. The van der Waals surface area contributed by atoms with E-state index in [-0.39, 0.29) is 5.75 Å². The van der Waals surface area contributed by atoms with Crippen molar-refractivity contribution >= 4 is 5.97 Å². The first-order chi connectivity index (χ1) is 7.63. The zero-order chi connectivity index (χ0) is 12.1. The molecule has 0 radical (unpaired) electrons. The number of methoxy groups -OCH3 is 2. The molecule has 0 saturated heterocycles. The second kappa shape index (κ2) is 5.37. The van der Waals surface area contributed by atoms with Crippen LogP contribution in [-0.4, -0.2) is 32.3 Å². The van der Waals surface area contributed by atoms with E-state index < -0.39 is 12.0 Å². The van der Waals surface area contributed by atoms with Gasteiger partial charge in [0, 0.05) is 0 Å². The van der Waals surface area contributed by atoms with Crippen LogP contribution in [0.4, 0.5) is 0 Å². The molecule has 5 nitrogen and oxygen atoms in total. The maximum Gasteiger partial charge on any atom is 0.327 e. The maximum atomic E-state index is 11.4. The van der Waals surface area contributed by atoms with Crippen molar-refractivity contribution in [2.45, 2.75) is 6.04 Å². The number of likely N-dealkylation sites (N-methyl/N-ethyl adjacent to an activating group) is 1. The number of benzene rings is 1. The number of carbonyl (C=O) groups excluding carboxylic acids is 1. The Morgan fingerprint density at radius 3 is 2.56 bits per heavy atom. The van der Waals surface area contributed by atoms with E-state index in [9.17, 15) is 9.90 Å². The molecule has 1 rings (SSSR count). The highest BCUT2D eigenvalue weighted by molar-refractivity contribution is 5.77. The number of hydrogen-bond donors (Lipinski definition) is 2. The van der Waals surface area contributed by atoms with Gasteiger partial charge in [0.25, 0.3) is 0 Å². The number of esters is 1. The summed E-state index contributed by atoms with van der Waals surface area (Å²) >= 11 is 0. The molecule has 5 heteroatoms. The lowest BCUT2D eigenvalue weighted by atomic mass is 10.1. The molecule has 0 amide bonds. The molecule has 0 saturated carbocycles. The van der Waals surface area contributed by atoms with Crippen LogP contribution in [0.5, 0.6) is 11.5 Å². The predicted molar refractivity (Wildman–Crippen MR) is 58.5 cm³/mol. The molecule has 0 fully saturated rings. The number of rotatable bonds is 4. The normalized spacial score (nSPS) is 11.9. The average molecular weight is 225 g/mol. The molecule has 1 atom stereocenters. The standard InChI is InChI=1S/C11H15NO4/c1-12-10(11(14)16-3)7-4-5-9(15-2)8(13)6-7/h4-6,10,12-13H,1-3H3. The second-order valence-corrected chi connectivity index (χ2v) is 3.18. The van der Waals surface area contributed by atoms with Crippen LogP contribution in [0.15, 0.2) is 18.2 Å². The third-order valence-electron chi connectivity index (χ3n) is 2.26. The van der Waals surface area contributed by atoms with Crippen LogP contribution in [0.1, 0.15) is 11.6 Å². The van der Waals surface area contributed by atoms with Crippen LogP contribution in [-0.2, 0) is 9.53 Å². The number of hydrogen-bond acceptors (Lipinski definition) is 5. The SMILES string of the molecule is CNC(C(=O)OC)c1ccc(OC)c(O)c1. The third-order valence-corrected chi connectivity index (χ3v) is 2.26. The van der Waals surface area contributed by atoms with Gasteiger partial charge in [-0.1, -0.05) is 6.07 Å². The van der Waals surface area contributed by atoms with E-state index in [2.05, 4.69) is 10.1 Å². The van der Waals surface area contributed by atoms with Crippen molar-refractivity contribution in [3.8, 4) is 11.5 Å². The van der Waals surface area contributed by atoms with Crippen LogP contribution in [0.25, 0.3) is 0 Å². The van der Waals surface area contributed by atoms with Gasteiger partial charge in [0.2, 0.25) is 0 Å². The summed E-state index contributed by atoms with van der Waals surface area (Å²) in [5, 5.41) is 12.4. The quantitative estimate of drug-likeness (QED) is 0.743. The van der Waals surface area contributed by atoms with Gasteiger partial charge in [-0.2, -0.15) is 0 Å². The first-order valence-electron chi connectivity index (χ1n) is 4.76. The van der Waals surface area contributed by atoms with Crippen molar-refractivity contribution in [3.05, 3.63) is 23.8 Å². The number of carbonyl (C=O) groups is 1. The Balaban J connectivity index is 3.03. The van der Waals surface area contributed by atoms with Crippen LogP contribution in [0, 0.1) is 0 Å². The molecular weight excluding hydrogens is 210 g/mol. The average Bonchev–Trinajstić information content (AvgIpc) is 2.30. The molecule has 0 bridgehead atoms. The highest BCUT2D eigenvalue weighted by atomic mass is 16.5. The van der Waals surface area contributed by atoms with Crippen LogP contribution >= 0.6 is 0 Å². The fourth-order valence-electron chi connectivity index (χ4n) is 1.43. The summed E-state index contributed by atoms with van der Waals surface area (Å²) in [6.45, 7) is 0. The molecule has 2 N–H and O–H groups in total. The molecule has 0 aromatic heterocycles. The lowest BCUT2D eigenvalue weighted by Crippen LogP contribution is -2.26. The van der Waals surface area contributed by atoms with Gasteiger partial charge in [-0.3, -0.25) is 0 Å². The van der Waals surface area contributed by atoms with Crippen LogP contribution in [0.3, 0.4) is 0 Å². The molecule has 0 aliphatic heterocycles. The first-order valence-corrected chi connectivity index (χ1v) is 4.76. The molecular formula is C11H15NO4. The molecule has 1 aromatic rings. The summed E-state index contributed by atoms with van der Waals surface area (Å²) in [5.41, 5.74) is 0.618. The van der Waals surface area contributed by atoms with E-state index >= 15 is 0 Å². The zero-order valence-corrected chi connectivity index (χ0v) is 9.48.